The average Bonchev–Trinajstić information content (AvgIpc) is 2.37. The van der Waals surface area contributed by atoms with Crippen molar-refractivity contribution in [2.45, 2.75) is 45.8 Å². The van der Waals surface area contributed by atoms with Crippen LogP contribution in [0.1, 0.15) is 45.7 Å². The number of benzene rings is 1. The third-order valence-electron chi connectivity index (χ3n) is 2.70. The first kappa shape index (κ1) is 17.0. The summed E-state index contributed by atoms with van der Waals surface area (Å²) in [6.45, 7) is 7.55. The minimum atomic E-state index is -0.534. The second-order valence-electron chi connectivity index (χ2n) is 5.88. The van der Waals surface area contributed by atoms with Crippen molar-refractivity contribution in [3.05, 3.63) is 35.9 Å². The number of ether oxygens (including phenoxy) is 1. The number of alkyl carbamates (subject to hydrolysis) is 1. The van der Waals surface area contributed by atoms with E-state index in [1.807, 2.05) is 37.3 Å². The van der Waals surface area contributed by atoms with E-state index in [-0.39, 0.29) is 24.9 Å². The number of hydrogen-bond acceptors (Lipinski definition) is 3. The van der Waals surface area contributed by atoms with Gasteiger partial charge in [0.05, 0.1) is 6.04 Å². The van der Waals surface area contributed by atoms with E-state index in [1.165, 1.54) is 0 Å². The minimum Gasteiger partial charge on any atom is -0.444 e. The first-order chi connectivity index (χ1) is 9.78. The van der Waals surface area contributed by atoms with Gasteiger partial charge in [-0.1, -0.05) is 30.3 Å². The van der Waals surface area contributed by atoms with Crippen molar-refractivity contribution in [2.75, 3.05) is 6.54 Å². The van der Waals surface area contributed by atoms with E-state index in [0.717, 1.165) is 5.56 Å². The second kappa shape index (κ2) is 7.67. The van der Waals surface area contributed by atoms with Gasteiger partial charge in [0.1, 0.15) is 5.60 Å². The van der Waals surface area contributed by atoms with E-state index in [0.29, 0.717) is 0 Å². The normalized spacial score (nSPS) is 12.4. The fourth-order valence-corrected chi connectivity index (χ4v) is 1.73. The molecule has 1 rings (SSSR count). The van der Waals surface area contributed by atoms with Crippen molar-refractivity contribution in [2.24, 2.45) is 0 Å². The Morgan fingerprint density at radius 3 is 2.38 bits per heavy atom. The molecule has 0 heterocycles. The van der Waals surface area contributed by atoms with Crippen molar-refractivity contribution in [1.29, 1.82) is 0 Å². The number of amides is 2. The van der Waals surface area contributed by atoms with Crippen LogP contribution in [0.3, 0.4) is 0 Å². The number of rotatable bonds is 5. The molecule has 2 N–H and O–H groups in total. The lowest BCUT2D eigenvalue weighted by Crippen LogP contribution is -2.35. The molecule has 5 nitrogen and oxygen atoms in total. The Bertz CT molecular complexity index is 466. The van der Waals surface area contributed by atoms with E-state index < -0.39 is 11.7 Å². The lowest BCUT2D eigenvalue weighted by atomic mass is 10.1. The van der Waals surface area contributed by atoms with Crippen LogP contribution < -0.4 is 10.6 Å². The molecule has 0 unspecified atom stereocenters. The summed E-state index contributed by atoms with van der Waals surface area (Å²) < 4.78 is 5.09. The summed E-state index contributed by atoms with van der Waals surface area (Å²) in [5.41, 5.74) is 0.514. The van der Waals surface area contributed by atoms with Crippen molar-refractivity contribution >= 4 is 12.0 Å². The van der Waals surface area contributed by atoms with Crippen LogP contribution in [-0.4, -0.2) is 24.1 Å². The van der Waals surface area contributed by atoms with E-state index >= 15 is 0 Å². The zero-order valence-electron chi connectivity index (χ0n) is 13.1. The number of hydrogen-bond donors (Lipinski definition) is 2. The third kappa shape index (κ3) is 7.34. The van der Waals surface area contributed by atoms with Crippen LogP contribution in [0.15, 0.2) is 30.3 Å². The van der Waals surface area contributed by atoms with Gasteiger partial charge >= 0.3 is 6.09 Å². The quantitative estimate of drug-likeness (QED) is 0.877. The molecule has 116 valence electrons. The van der Waals surface area contributed by atoms with Crippen LogP contribution in [0.25, 0.3) is 0 Å². The molecule has 0 bridgehead atoms. The smallest absolute Gasteiger partial charge is 0.407 e. The van der Waals surface area contributed by atoms with Crippen LogP contribution in [0.2, 0.25) is 0 Å². The molecule has 1 atom stereocenters. The van der Waals surface area contributed by atoms with Gasteiger partial charge in [-0.15, -0.1) is 0 Å². The predicted octanol–water partition coefficient (Wildman–Crippen LogP) is 2.78. The van der Waals surface area contributed by atoms with Gasteiger partial charge in [0, 0.05) is 13.0 Å². The van der Waals surface area contributed by atoms with Crippen molar-refractivity contribution in [1.82, 2.24) is 10.6 Å². The van der Waals surface area contributed by atoms with Crippen molar-refractivity contribution in [3.8, 4) is 0 Å². The minimum absolute atomic E-state index is 0.0553. The van der Waals surface area contributed by atoms with Crippen LogP contribution in [0.4, 0.5) is 4.79 Å². The average molecular weight is 292 g/mol. The molecule has 0 aromatic heterocycles. The SMILES string of the molecule is C[C@@H](NC(=O)CCNC(=O)OC(C)(C)C)c1ccccc1. The third-order valence-corrected chi connectivity index (χ3v) is 2.70. The molecule has 1 aromatic rings. The van der Waals surface area contributed by atoms with Crippen molar-refractivity contribution in [3.63, 3.8) is 0 Å². The molecule has 0 aliphatic rings. The molecule has 0 aliphatic carbocycles. The standard InChI is InChI=1S/C16H24N2O3/c1-12(13-8-6-5-7-9-13)18-14(19)10-11-17-15(20)21-16(2,3)4/h5-9,12H,10-11H2,1-4H3,(H,17,20)(H,18,19)/t12-/m1/s1. The van der Waals surface area contributed by atoms with Gasteiger partial charge < -0.3 is 15.4 Å². The Morgan fingerprint density at radius 1 is 1.19 bits per heavy atom. The number of nitrogens with one attached hydrogen (secondary N) is 2. The van der Waals surface area contributed by atoms with Crippen LogP contribution in [-0.2, 0) is 9.53 Å². The first-order valence-electron chi connectivity index (χ1n) is 7.09. The van der Waals surface area contributed by atoms with Crippen LogP contribution in [0.5, 0.6) is 0 Å². The Morgan fingerprint density at radius 2 is 1.81 bits per heavy atom. The second-order valence-corrected chi connectivity index (χ2v) is 5.88. The number of carbonyl (C=O) groups is 2. The highest BCUT2D eigenvalue weighted by atomic mass is 16.6. The van der Waals surface area contributed by atoms with Gasteiger partial charge in [0.2, 0.25) is 5.91 Å². The summed E-state index contributed by atoms with van der Waals surface area (Å²) in [5.74, 6) is -0.109. The zero-order valence-corrected chi connectivity index (χ0v) is 13.1. The van der Waals surface area contributed by atoms with Crippen LogP contribution in [0, 0.1) is 0 Å². The maximum absolute atomic E-state index is 11.8. The van der Waals surface area contributed by atoms with Gasteiger partial charge in [-0.2, -0.15) is 0 Å². The first-order valence-corrected chi connectivity index (χ1v) is 7.09. The summed E-state index contributed by atoms with van der Waals surface area (Å²) in [7, 11) is 0. The van der Waals surface area contributed by atoms with Gasteiger partial charge in [-0.3, -0.25) is 4.79 Å². The van der Waals surface area contributed by atoms with E-state index in [2.05, 4.69) is 10.6 Å². The summed E-state index contributed by atoms with van der Waals surface area (Å²) in [6, 6.07) is 9.67. The lowest BCUT2D eigenvalue weighted by molar-refractivity contribution is -0.121. The van der Waals surface area contributed by atoms with E-state index in [4.69, 9.17) is 4.74 Å². The predicted molar refractivity (Wildman–Crippen MR) is 81.9 cm³/mol. The monoisotopic (exact) mass is 292 g/mol. The Hall–Kier alpha value is -2.04. The largest absolute Gasteiger partial charge is 0.444 e. The lowest BCUT2D eigenvalue weighted by Gasteiger charge is -2.19. The molecule has 0 saturated carbocycles. The summed E-state index contributed by atoms with van der Waals surface area (Å²) in [6.07, 6.45) is -0.289. The highest BCUT2D eigenvalue weighted by Crippen LogP contribution is 2.11. The molecule has 0 fully saturated rings. The van der Waals surface area contributed by atoms with Gasteiger partial charge in [0.25, 0.3) is 0 Å². The number of carbonyl (C=O) groups excluding carboxylic acids is 2. The van der Waals surface area contributed by atoms with Gasteiger partial charge in [-0.05, 0) is 33.3 Å². The Labute approximate surface area is 126 Å². The molecular weight excluding hydrogens is 268 g/mol. The van der Waals surface area contributed by atoms with E-state index in [1.54, 1.807) is 20.8 Å². The molecule has 0 spiro atoms. The molecule has 0 radical (unpaired) electrons. The molecule has 5 heteroatoms. The van der Waals surface area contributed by atoms with E-state index in [9.17, 15) is 9.59 Å². The van der Waals surface area contributed by atoms with Gasteiger partial charge in [-0.25, -0.2) is 4.79 Å². The topological polar surface area (TPSA) is 67.4 Å². The Balaban J connectivity index is 2.27. The fraction of sp³-hybridized carbons (Fsp3) is 0.500. The van der Waals surface area contributed by atoms with Crippen LogP contribution >= 0.6 is 0 Å². The van der Waals surface area contributed by atoms with Gasteiger partial charge in [0.15, 0.2) is 0 Å². The zero-order chi connectivity index (χ0) is 15.9. The highest BCUT2D eigenvalue weighted by molar-refractivity contribution is 5.77. The molecule has 2 amide bonds. The maximum atomic E-state index is 11.8. The maximum Gasteiger partial charge on any atom is 0.407 e. The molecule has 1 aromatic carbocycles. The highest BCUT2D eigenvalue weighted by Gasteiger charge is 2.16. The summed E-state index contributed by atoms with van der Waals surface area (Å²) in [4.78, 5) is 23.2. The molecule has 0 saturated heterocycles. The molecule has 0 aliphatic heterocycles. The Kier molecular flexibility index (Phi) is 6.21. The molecular formula is C16H24N2O3. The van der Waals surface area contributed by atoms with Crippen molar-refractivity contribution < 1.29 is 14.3 Å². The summed E-state index contributed by atoms with van der Waals surface area (Å²) in [5, 5.41) is 5.45. The summed E-state index contributed by atoms with van der Waals surface area (Å²) >= 11 is 0. The molecule has 21 heavy (non-hydrogen) atoms. The fourth-order valence-electron chi connectivity index (χ4n) is 1.73.